The van der Waals surface area contributed by atoms with Gasteiger partial charge in [-0.25, -0.2) is 4.98 Å². The predicted octanol–water partition coefficient (Wildman–Crippen LogP) is 4.95. The molecule has 4 rings (SSSR count). The van der Waals surface area contributed by atoms with E-state index in [-0.39, 0.29) is 6.61 Å². The van der Waals surface area contributed by atoms with Gasteiger partial charge in [-0.1, -0.05) is 12.1 Å². The minimum Gasteiger partial charge on any atom is -0.497 e. The number of aliphatic hydroxyl groups is 1. The summed E-state index contributed by atoms with van der Waals surface area (Å²) in [4.78, 5) is 4.84. The average molecular weight is 374 g/mol. The second-order valence-electron chi connectivity index (χ2n) is 6.69. The highest BCUT2D eigenvalue weighted by Crippen LogP contribution is 2.37. The molecule has 0 saturated heterocycles. The van der Waals surface area contributed by atoms with Gasteiger partial charge in [0.2, 0.25) is 0 Å². The van der Waals surface area contributed by atoms with Gasteiger partial charge in [-0.15, -0.1) is 0 Å². The number of aromatic nitrogens is 1. The fourth-order valence-electron chi connectivity index (χ4n) is 3.43. The molecular formula is C23H22N2O3. The number of fused-ring (bicyclic) bond motifs is 2. The molecule has 0 fully saturated rings. The largest absolute Gasteiger partial charge is 0.497 e. The average Bonchev–Trinajstić information content (AvgIpc) is 2.72. The summed E-state index contributed by atoms with van der Waals surface area (Å²) in [5.41, 5.74) is 5.43. The molecule has 1 aromatic heterocycles. The number of ether oxygens (including phenoxy) is 2. The first-order valence-electron chi connectivity index (χ1n) is 9.06. The van der Waals surface area contributed by atoms with Crippen LogP contribution in [0.4, 0.5) is 11.4 Å². The van der Waals surface area contributed by atoms with Crippen LogP contribution in [0.1, 0.15) is 11.1 Å². The van der Waals surface area contributed by atoms with E-state index in [9.17, 15) is 5.11 Å². The summed E-state index contributed by atoms with van der Waals surface area (Å²) in [6.07, 6.45) is 0. The Kier molecular flexibility index (Phi) is 4.75. The Bertz CT molecular complexity index is 1170. The molecular weight excluding hydrogens is 352 g/mol. The lowest BCUT2D eigenvalue weighted by Crippen LogP contribution is -1.98. The first-order chi connectivity index (χ1) is 13.6. The number of hydrogen-bond acceptors (Lipinski definition) is 5. The van der Waals surface area contributed by atoms with Crippen molar-refractivity contribution in [2.75, 3.05) is 19.5 Å². The van der Waals surface area contributed by atoms with Crippen LogP contribution in [-0.4, -0.2) is 24.3 Å². The second-order valence-corrected chi connectivity index (χ2v) is 6.69. The zero-order valence-electron chi connectivity index (χ0n) is 16.1. The van der Waals surface area contributed by atoms with E-state index in [4.69, 9.17) is 14.5 Å². The molecule has 0 spiro atoms. The van der Waals surface area contributed by atoms with Crippen molar-refractivity contribution in [1.82, 2.24) is 4.98 Å². The number of methoxy groups -OCH3 is 2. The van der Waals surface area contributed by atoms with Crippen molar-refractivity contribution in [1.29, 1.82) is 0 Å². The SMILES string of the molecule is COc1ccc2c(Nc3cccc(CO)c3)c3cc(OC)c(C)cc3nc2c1. The van der Waals surface area contributed by atoms with Crippen molar-refractivity contribution in [2.45, 2.75) is 13.5 Å². The number of nitrogens with zero attached hydrogens (tertiary/aromatic N) is 1. The summed E-state index contributed by atoms with van der Waals surface area (Å²) in [7, 11) is 3.32. The number of pyridine rings is 1. The highest BCUT2D eigenvalue weighted by Gasteiger charge is 2.13. The van der Waals surface area contributed by atoms with Crippen LogP contribution in [0.15, 0.2) is 54.6 Å². The highest BCUT2D eigenvalue weighted by atomic mass is 16.5. The topological polar surface area (TPSA) is 63.6 Å². The summed E-state index contributed by atoms with van der Waals surface area (Å²) < 4.78 is 10.9. The van der Waals surface area contributed by atoms with Crippen molar-refractivity contribution < 1.29 is 14.6 Å². The number of nitrogens with one attached hydrogen (secondary N) is 1. The molecule has 0 unspecified atom stereocenters. The molecule has 5 nitrogen and oxygen atoms in total. The van der Waals surface area contributed by atoms with E-state index in [1.54, 1.807) is 14.2 Å². The van der Waals surface area contributed by atoms with E-state index < -0.39 is 0 Å². The summed E-state index contributed by atoms with van der Waals surface area (Å²) in [5.74, 6) is 1.58. The highest BCUT2D eigenvalue weighted by molar-refractivity contribution is 6.09. The Labute approximate surface area is 163 Å². The lowest BCUT2D eigenvalue weighted by atomic mass is 10.0. The van der Waals surface area contributed by atoms with E-state index >= 15 is 0 Å². The molecule has 0 saturated carbocycles. The third-order valence-electron chi connectivity index (χ3n) is 4.88. The number of aliphatic hydroxyl groups excluding tert-OH is 1. The quantitative estimate of drug-likeness (QED) is 0.484. The molecule has 0 aliphatic heterocycles. The van der Waals surface area contributed by atoms with Gasteiger partial charge in [0.15, 0.2) is 0 Å². The Morgan fingerprint density at radius 1 is 0.929 bits per heavy atom. The fourth-order valence-corrected chi connectivity index (χ4v) is 3.43. The van der Waals surface area contributed by atoms with Crippen molar-refractivity contribution in [3.63, 3.8) is 0 Å². The van der Waals surface area contributed by atoms with Gasteiger partial charge in [0.25, 0.3) is 0 Å². The molecule has 0 radical (unpaired) electrons. The van der Waals surface area contributed by atoms with Crippen LogP contribution in [0.2, 0.25) is 0 Å². The molecule has 0 bridgehead atoms. The lowest BCUT2D eigenvalue weighted by Gasteiger charge is -2.16. The normalized spacial score (nSPS) is 11.0. The van der Waals surface area contributed by atoms with E-state index in [2.05, 4.69) is 5.32 Å². The first-order valence-corrected chi connectivity index (χ1v) is 9.06. The maximum Gasteiger partial charge on any atom is 0.122 e. The van der Waals surface area contributed by atoms with Crippen LogP contribution in [0.5, 0.6) is 11.5 Å². The summed E-state index contributed by atoms with van der Waals surface area (Å²) in [6.45, 7) is 2.01. The molecule has 2 N–H and O–H groups in total. The van der Waals surface area contributed by atoms with Crippen LogP contribution in [0.25, 0.3) is 21.8 Å². The van der Waals surface area contributed by atoms with Gasteiger partial charge in [0, 0.05) is 22.5 Å². The zero-order chi connectivity index (χ0) is 19.7. The molecule has 0 amide bonds. The third kappa shape index (κ3) is 3.21. The van der Waals surface area contributed by atoms with Crippen molar-refractivity contribution in [3.05, 3.63) is 65.7 Å². The van der Waals surface area contributed by atoms with Crippen LogP contribution in [-0.2, 0) is 6.61 Å². The van der Waals surface area contributed by atoms with Gasteiger partial charge in [-0.3, -0.25) is 0 Å². The monoisotopic (exact) mass is 374 g/mol. The molecule has 5 heteroatoms. The number of benzene rings is 3. The summed E-state index contributed by atoms with van der Waals surface area (Å²) >= 11 is 0. The number of anilines is 2. The van der Waals surface area contributed by atoms with E-state index in [1.807, 2.05) is 61.5 Å². The maximum absolute atomic E-state index is 9.46. The molecule has 0 aliphatic carbocycles. The van der Waals surface area contributed by atoms with Crippen LogP contribution in [0.3, 0.4) is 0 Å². The lowest BCUT2D eigenvalue weighted by molar-refractivity contribution is 0.282. The molecule has 0 atom stereocenters. The zero-order valence-corrected chi connectivity index (χ0v) is 16.1. The minimum absolute atomic E-state index is 0.00240. The predicted molar refractivity (Wildman–Crippen MR) is 113 cm³/mol. The Balaban J connectivity index is 2.00. The van der Waals surface area contributed by atoms with E-state index in [0.29, 0.717) is 0 Å². The first kappa shape index (κ1) is 18.1. The second kappa shape index (κ2) is 7.37. The van der Waals surface area contributed by atoms with Gasteiger partial charge in [0.1, 0.15) is 11.5 Å². The standard InChI is InChI=1S/C23H22N2O3/c1-14-9-20-19(12-22(14)28-3)23(24-16-6-4-5-15(10-16)13-26)18-8-7-17(27-2)11-21(18)25-20/h4-12,26H,13H2,1-3H3,(H,24,25). The van der Waals surface area contributed by atoms with E-state index in [1.165, 1.54) is 0 Å². The van der Waals surface area contributed by atoms with Gasteiger partial charge < -0.3 is 19.9 Å². The molecule has 0 aliphatic rings. The Morgan fingerprint density at radius 3 is 2.50 bits per heavy atom. The van der Waals surface area contributed by atoms with Crippen molar-refractivity contribution >= 4 is 33.2 Å². The molecule has 4 aromatic rings. The van der Waals surface area contributed by atoms with Gasteiger partial charge in [0.05, 0.1) is 37.5 Å². The van der Waals surface area contributed by atoms with Crippen LogP contribution >= 0.6 is 0 Å². The molecule has 28 heavy (non-hydrogen) atoms. The maximum atomic E-state index is 9.46. The molecule has 142 valence electrons. The minimum atomic E-state index is -0.00240. The van der Waals surface area contributed by atoms with Gasteiger partial charge >= 0.3 is 0 Å². The van der Waals surface area contributed by atoms with Crippen molar-refractivity contribution in [3.8, 4) is 11.5 Å². The number of hydrogen-bond donors (Lipinski definition) is 2. The van der Waals surface area contributed by atoms with Gasteiger partial charge in [-0.05, 0) is 54.4 Å². The molecule has 1 heterocycles. The smallest absolute Gasteiger partial charge is 0.122 e. The van der Waals surface area contributed by atoms with Crippen LogP contribution in [0, 0.1) is 6.92 Å². The van der Waals surface area contributed by atoms with Gasteiger partial charge in [-0.2, -0.15) is 0 Å². The summed E-state index contributed by atoms with van der Waals surface area (Å²) in [5, 5.41) is 14.9. The van der Waals surface area contributed by atoms with Crippen molar-refractivity contribution in [2.24, 2.45) is 0 Å². The number of aryl methyl sites for hydroxylation is 1. The third-order valence-corrected chi connectivity index (χ3v) is 4.88. The molecule has 3 aromatic carbocycles. The Hall–Kier alpha value is -3.31. The Morgan fingerprint density at radius 2 is 1.75 bits per heavy atom. The number of rotatable bonds is 5. The summed E-state index contributed by atoms with van der Waals surface area (Å²) in [6, 6.07) is 17.6. The van der Waals surface area contributed by atoms with Crippen LogP contribution < -0.4 is 14.8 Å². The fraction of sp³-hybridized carbons (Fsp3) is 0.174. The van der Waals surface area contributed by atoms with E-state index in [0.717, 1.165) is 55.8 Å².